The van der Waals surface area contributed by atoms with Crippen molar-refractivity contribution in [1.82, 2.24) is 9.97 Å². The molecule has 1 atom stereocenters. The molecule has 0 saturated heterocycles. The molecule has 0 fully saturated rings. The van der Waals surface area contributed by atoms with Gasteiger partial charge in [0.2, 0.25) is 0 Å². The first-order chi connectivity index (χ1) is 9.72. The molecule has 5 nitrogen and oxygen atoms in total. The van der Waals surface area contributed by atoms with Gasteiger partial charge in [-0.1, -0.05) is 18.2 Å². The molecule has 106 valence electrons. The highest BCUT2D eigenvalue weighted by atomic mass is 16.5. The molecule has 0 aliphatic rings. The number of para-hydroxylation sites is 1. The first-order valence-electron chi connectivity index (χ1n) is 6.48. The molecule has 2 aromatic rings. The number of rotatable bonds is 6. The molecule has 1 unspecified atom stereocenters. The van der Waals surface area contributed by atoms with Crippen LogP contribution in [-0.2, 0) is 4.74 Å². The highest BCUT2D eigenvalue weighted by Crippen LogP contribution is 2.27. The van der Waals surface area contributed by atoms with Crippen molar-refractivity contribution in [3.8, 4) is 5.75 Å². The molecule has 0 radical (unpaired) electrons. The molecule has 0 aliphatic heterocycles. The summed E-state index contributed by atoms with van der Waals surface area (Å²) in [6, 6.07) is 9.19. The van der Waals surface area contributed by atoms with E-state index in [1.54, 1.807) is 13.3 Å². The van der Waals surface area contributed by atoms with Gasteiger partial charge in [-0.25, -0.2) is 9.97 Å². The van der Waals surface area contributed by atoms with Crippen LogP contribution in [0.5, 0.6) is 5.75 Å². The summed E-state index contributed by atoms with van der Waals surface area (Å²) in [5, 5.41) is 0. The van der Waals surface area contributed by atoms with Crippen molar-refractivity contribution in [1.29, 1.82) is 0 Å². The van der Waals surface area contributed by atoms with E-state index in [0.717, 1.165) is 17.0 Å². The Morgan fingerprint density at radius 1 is 1.20 bits per heavy atom. The van der Waals surface area contributed by atoms with E-state index in [1.807, 2.05) is 37.3 Å². The minimum atomic E-state index is -0.338. The molecule has 1 aromatic carbocycles. The first-order valence-corrected chi connectivity index (χ1v) is 6.48. The number of nitrogens with two attached hydrogens (primary N) is 1. The Balaban J connectivity index is 2.23. The van der Waals surface area contributed by atoms with Gasteiger partial charge in [0.1, 0.15) is 18.2 Å². The van der Waals surface area contributed by atoms with Crippen molar-refractivity contribution in [2.75, 3.05) is 20.3 Å². The van der Waals surface area contributed by atoms with Crippen LogP contribution in [0.25, 0.3) is 0 Å². The van der Waals surface area contributed by atoms with Crippen LogP contribution in [-0.4, -0.2) is 30.3 Å². The molecule has 0 bridgehead atoms. The van der Waals surface area contributed by atoms with Crippen LogP contribution in [0.4, 0.5) is 0 Å². The molecule has 1 heterocycles. The Morgan fingerprint density at radius 2 is 2.00 bits per heavy atom. The normalized spacial score (nSPS) is 12.2. The quantitative estimate of drug-likeness (QED) is 0.813. The van der Waals surface area contributed by atoms with Gasteiger partial charge in [-0.2, -0.15) is 0 Å². The second-order valence-corrected chi connectivity index (χ2v) is 4.39. The van der Waals surface area contributed by atoms with Crippen LogP contribution < -0.4 is 10.5 Å². The molecule has 0 saturated carbocycles. The molecular formula is C15H19N3O2. The summed E-state index contributed by atoms with van der Waals surface area (Å²) >= 11 is 0. The van der Waals surface area contributed by atoms with Gasteiger partial charge in [-0.15, -0.1) is 0 Å². The Hall–Kier alpha value is -1.98. The van der Waals surface area contributed by atoms with Gasteiger partial charge in [-0.05, 0) is 19.1 Å². The van der Waals surface area contributed by atoms with Crippen molar-refractivity contribution < 1.29 is 9.47 Å². The van der Waals surface area contributed by atoms with Crippen molar-refractivity contribution in [3.05, 3.63) is 53.6 Å². The number of aromatic nitrogens is 2. The fourth-order valence-electron chi connectivity index (χ4n) is 1.91. The van der Waals surface area contributed by atoms with Gasteiger partial charge in [0.15, 0.2) is 0 Å². The third-order valence-electron chi connectivity index (χ3n) is 2.92. The fraction of sp³-hybridized carbons (Fsp3) is 0.333. The van der Waals surface area contributed by atoms with Gasteiger partial charge in [0.25, 0.3) is 0 Å². The summed E-state index contributed by atoms with van der Waals surface area (Å²) in [6.07, 6.45) is 1.71. The average Bonchev–Trinajstić information content (AvgIpc) is 2.47. The van der Waals surface area contributed by atoms with Crippen molar-refractivity contribution in [2.45, 2.75) is 13.0 Å². The maximum absolute atomic E-state index is 6.29. The van der Waals surface area contributed by atoms with Crippen molar-refractivity contribution in [2.24, 2.45) is 5.73 Å². The molecule has 20 heavy (non-hydrogen) atoms. The lowest BCUT2D eigenvalue weighted by Crippen LogP contribution is -2.16. The molecular weight excluding hydrogens is 254 g/mol. The van der Waals surface area contributed by atoms with E-state index in [-0.39, 0.29) is 6.04 Å². The van der Waals surface area contributed by atoms with Crippen molar-refractivity contribution in [3.63, 3.8) is 0 Å². The van der Waals surface area contributed by atoms with Crippen LogP contribution in [0.1, 0.15) is 23.1 Å². The highest BCUT2D eigenvalue weighted by Gasteiger charge is 2.15. The Morgan fingerprint density at radius 3 is 2.75 bits per heavy atom. The largest absolute Gasteiger partial charge is 0.491 e. The van der Waals surface area contributed by atoms with Gasteiger partial charge >= 0.3 is 0 Å². The van der Waals surface area contributed by atoms with Crippen LogP contribution in [0.3, 0.4) is 0 Å². The second kappa shape index (κ2) is 6.98. The molecule has 2 rings (SSSR count). The van der Waals surface area contributed by atoms with E-state index in [4.69, 9.17) is 15.2 Å². The Kier molecular flexibility index (Phi) is 5.03. The summed E-state index contributed by atoms with van der Waals surface area (Å²) in [7, 11) is 1.64. The van der Waals surface area contributed by atoms with Gasteiger partial charge < -0.3 is 15.2 Å². The topological polar surface area (TPSA) is 70.3 Å². The molecule has 0 amide bonds. The number of nitrogens with zero attached hydrogens (tertiary/aromatic N) is 2. The minimum Gasteiger partial charge on any atom is -0.491 e. The summed E-state index contributed by atoms with van der Waals surface area (Å²) in [6.45, 7) is 2.87. The van der Waals surface area contributed by atoms with E-state index >= 15 is 0 Å². The number of hydrogen-bond donors (Lipinski definition) is 1. The molecule has 0 spiro atoms. The summed E-state index contributed by atoms with van der Waals surface area (Å²) in [4.78, 5) is 8.46. The zero-order chi connectivity index (χ0) is 14.4. The van der Waals surface area contributed by atoms with Gasteiger partial charge in [0, 0.05) is 18.9 Å². The monoisotopic (exact) mass is 273 g/mol. The molecule has 2 N–H and O–H groups in total. The Labute approximate surface area is 118 Å². The molecule has 5 heteroatoms. The van der Waals surface area contributed by atoms with Crippen LogP contribution >= 0.6 is 0 Å². The van der Waals surface area contributed by atoms with Crippen LogP contribution in [0.2, 0.25) is 0 Å². The lowest BCUT2D eigenvalue weighted by atomic mass is 10.0. The number of hydrogen-bond acceptors (Lipinski definition) is 5. The average molecular weight is 273 g/mol. The molecule has 1 aromatic heterocycles. The lowest BCUT2D eigenvalue weighted by molar-refractivity contribution is 0.145. The number of methoxy groups -OCH3 is 1. The number of aryl methyl sites for hydroxylation is 1. The van der Waals surface area contributed by atoms with Crippen molar-refractivity contribution >= 4 is 0 Å². The number of ether oxygens (including phenoxy) is 2. The highest BCUT2D eigenvalue weighted by molar-refractivity contribution is 5.39. The van der Waals surface area contributed by atoms with E-state index in [1.165, 1.54) is 0 Å². The third kappa shape index (κ3) is 3.53. The maximum atomic E-state index is 6.29. The van der Waals surface area contributed by atoms with E-state index in [2.05, 4.69) is 9.97 Å². The smallest absolute Gasteiger partial charge is 0.125 e. The van der Waals surface area contributed by atoms with Crippen LogP contribution in [0, 0.1) is 6.92 Å². The minimum absolute atomic E-state index is 0.338. The SMILES string of the molecule is COCCOc1ccccc1C(N)c1ccnc(C)n1. The predicted octanol–water partition coefficient (Wildman–Crippen LogP) is 1.86. The standard InChI is InChI=1S/C15H19N3O2/c1-11-17-8-7-13(18-11)15(16)12-5-3-4-6-14(12)20-10-9-19-2/h3-8,15H,9-10,16H2,1-2H3. The van der Waals surface area contributed by atoms with E-state index < -0.39 is 0 Å². The first kappa shape index (κ1) is 14.4. The fourth-order valence-corrected chi connectivity index (χ4v) is 1.91. The van der Waals surface area contributed by atoms with Crippen LogP contribution in [0.15, 0.2) is 36.5 Å². The lowest BCUT2D eigenvalue weighted by Gasteiger charge is -2.16. The second-order valence-electron chi connectivity index (χ2n) is 4.39. The third-order valence-corrected chi connectivity index (χ3v) is 2.92. The molecule has 0 aliphatic carbocycles. The maximum Gasteiger partial charge on any atom is 0.125 e. The predicted molar refractivity (Wildman–Crippen MR) is 76.6 cm³/mol. The van der Waals surface area contributed by atoms with E-state index in [9.17, 15) is 0 Å². The van der Waals surface area contributed by atoms with E-state index in [0.29, 0.717) is 19.0 Å². The van der Waals surface area contributed by atoms with Gasteiger partial charge in [0.05, 0.1) is 18.3 Å². The number of benzene rings is 1. The summed E-state index contributed by atoms with van der Waals surface area (Å²) < 4.78 is 10.7. The van der Waals surface area contributed by atoms with Gasteiger partial charge in [-0.3, -0.25) is 0 Å². The Bertz CT molecular complexity index is 560. The summed E-state index contributed by atoms with van der Waals surface area (Å²) in [5.41, 5.74) is 7.97. The zero-order valence-corrected chi connectivity index (χ0v) is 11.7. The summed E-state index contributed by atoms with van der Waals surface area (Å²) in [5.74, 6) is 1.46. The zero-order valence-electron chi connectivity index (χ0n) is 11.7.